The average Bonchev–Trinajstić information content (AvgIpc) is 3.26. The van der Waals surface area contributed by atoms with E-state index in [0.29, 0.717) is 16.6 Å². The molecule has 132 valence electrons. The fourth-order valence-electron chi connectivity index (χ4n) is 2.59. The Balaban J connectivity index is 1.45. The van der Waals surface area contributed by atoms with Gasteiger partial charge in [0.05, 0.1) is 5.69 Å². The van der Waals surface area contributed by atoms with E-state index >= 15 is 0 Å². The van der Waals surface area contributed by atoms with Gasteiger partial charge in [-0.1, -0.05) is 24.3 Å². The Morgan fingerprint density at radius 3 is 2.44 bits per heavy atom. The van der Waals surface area contributed by atoms with Crippen LogP contribution in [0.1, 0.15) is 20.8 Å². The lowest BCUT2D eigenvalue weighted by Gasteiger charge is -2.09. The summed E-state index contributed by atoms with van der Waals surface area (Å²) in [6, 6.07) is 15.8. The maximum Gasteiger partial charge on any atom is 0.288 e. The number of rotatable bonds is 3. The number of hydrazine groups is 1. The van der Waals surface area contributed by atoms with Crippen LogP contribution in [-0.2, 0) is 0 Å². The molecule has 0 spiro atoms. The molecule has 0 saturated carbocycles. The molecular formula is C18H13N7O2. The standard InChI is InChI=1S/C18H13N7O2/c26-17(13-5-7-14(8-6-13)25-11-20-23-24-25)21-22-18(27)16-15-4-2-1-3-12(15)9-10-19-16/h1-11H,(H,21,26)(H,22,27). The van der Waals surface area contributed by atoms with Gasteiger partial charge in [-0.15, -0.1) is 5.10 Å². The fraction of sp³-hybridized carbons (Fsp3) is 0. The van der Waals surface area contributed by atoms with Crippen molar-refractivity contribution < 1.29 is 9.59 Å². The Bertz CT molecular complexity index is 1100. The van der Waals surface area contributed by atoms with Crippen molar-refractivity contribution in [2.75, 3.05) is 0 Å². The molecule has 9 heteroatoms. The van der Waals surface area contributed by atoms with Gasteiger partial charge < -0.3 is 0 Å². The molecule has 9 nitrogen and oxygen atoms in total. The highest BCUT2D eigenvalue weighted by Crippen LogP contribution is 2.16. The predicted molar refractivity (Wildman–Crippen MR) is 95.8 cm³/mol. The molecule has 0 fully saturated rings. The monoisotopic (exact) mass is 359 g/mol. The van der Waals surface area contributed by atoms with Gasteiger partial charge in [-0.3, -0.25) is 25.4 Å². The minimum atomic E-state index is -0.495. The molecule has 2 aromatic carbocycles. The van der Waals surface area contributed by atoms with Crippen LogP contribution in [0.5, 0.6) is 0 Å². The quantitative estimate of drug-likeness (QED) is 0.533. The number of pyridine rings is 1. The molecular weight excluding hydrogens is 346 g/mol. The number of tetrazole rings is 1. The number of carbonyl (C=O) groups excluding carboxylic acids is 2. The van der Waals surface area contributed by atoms with E-state index in [0.717, 1.165) is 5.39 Å². The molecule has 0 aliphatic heterocycles. The summed E-state index contributed by atoms with van der Waals surface area (Å²) in [4.78, 5) is 28.8. The summed E-state index contributed by atoms with van der Waals surface area (Å²) < 4.78 is 1.47. The van der Waals surface area contributed by atoms with Crippen LogP contribution in [0.2, 0.25) is 0 Å². The Morgan fingerprint density at radius 1 is 0.889 bits per heavy atom. The Kier molecular flexibility index (Phi) is 4.24. The van der Waals surface area contributed by atoms with Gasteiger partial charge in [0.1, 0.15) is 12.0 Å². The van der Waals surface area contributed by atoms with E-state index in [1.54, 1.807) is 36.5 Å². The summed E-state index contributed by atoms with van der Waals surface area (Å²) in [6.45, 7) is 0. The Morgan fingerprint density at radius 2 is 1.67 bits per heavy atom. The molecule has 0 aliphatic rings. The highest BCUT2D eigenvalue weighted by Gasteiger charge is 2.13. The third-order valence-corrected chi connectivity index (χ3v) is 3.92. The Labute approximate surface area is 153 Å². The van der Waals surface area contributed by atoms with E-state index < -0.39 is 11.8 Å². The van der Waals surface area contributed by atoms with Gasteiger partial charge in [0.25, 0.3) is 11.8 Å². The molecule has 2 aromatic heterocycles. The summed E-state index contributed by atoms with van der Waals surface area (Å²) in [7, 11) is 0. The van der Waals surface area contributed by atoms with Crippen LogP contribution in [0, 0.1) is 0 Å². The SMILES string of the molecule is O=C(NNC(=O)c1nccc2ccccc12)c1ccc(-n2cnnn2)cc1. The third kappa shape index (κ3) is 3.33. The number of amides is 2. The largest absolute Gasteiger partial charge is 0.288 e. The summed E-state index contributed by atoms with van der Waals surface area (Å²) >= 11 is 0. The van der Waals surface area contributed by atoms with Gasteiger partial charge in [-0.2, -0.15) is 0 Å². The van der Waals surface area contributed by atoms with Gasteiger partial charge in [0.15, 0.2) is 0 Å². The van der Waals surface area contributed by atoms with Gasteiger partial charge in [-0.25, -0.2) is 4.68 Å². The topological polar surface area (TPSA) is 115 Å². The Hall–Kier alpha value is -4.14. The number of fused-ring (bicyclic) bond motifs is 1. The zero-order valence-corrected chi connectivity index (χ0v) is 13.9. The molecule has 0 unspecified atom stereocenters. The second-order valence-corrected chi connectivity index (χ2v) is 5.59. The second kappa shape index (κ2) is 7.00. The number of hydrogen-bond donors (Lipinski definition) is 2. The third-order valence-electron chi connectivity index (χ3n) is 3.92. The molecule has 0 radical (unpaired) electrons. The number of hydrogen-bond acceptors (Lipinski definition) is 6. The van der Waals surface area contributed by atoms with Crippen LogP contribution in [-0.4, -0.2) is 37.0 Å². The number of nitrogens with zero attached hydrogens (tertiary/aromatic N) is 5. The van der Waals surface area contributed by atoms with Crippen LogP contribution < -0.4 is 10.9 Å². The van der Waals surface area contributed by atoms with Crippen molar-refractivity contribution in [3.63, 3.8) is 0 Å². The van der Waals surface area contributed by atoms with E-state index in [1.807, 2.05) is 24.3 Å². The second-order valence-electron chi connectivity index (χ2n) is 5.59. The van der Waals surface area contributed by atoms with E-state index in [9.17, 15) is 9.59 Å². The normalized spacial score (nSPS) is 10.5. The maximum atomic E-state index is 12.4. The molecule has 0 aliphatic carbocycles. The van der Waals surface area contributed by atoms with Gasteiger partial charge in [0, 0.05) is 17.1 Å². The molecule has 4 rings (SSSR count). The lowest BCUT2D eigenvalue weighted by Crippen LogP contribution is -2.42. The van der Waals surface area contributed by atoms with Gasteiger partial charge in [-0.05, 0) is 46.1 Å². The number of nitrogens with one attached hydrogen (secondary N) is 2. The summed E-state index contributed by atoms with van der Waals surface area (Å²) in [5.41, 5.74) is 6.10. The minimum Gasteiger partial charge on any atom is -0.267 e. The first-order chi connectivity index (χ1) is 13.2. The molecule has 4 aromatic rings. The highest BCUT2D eigenvalue weighted by atomic mass is 16.2. The van der Waals surface area contributed by atoms with Crippen molar-refractivity contribution in [2.45, 2.75) is 0 Å². The molecule has 2 amide bonds. The molecule has 0 bridgehead atoms. The van der Waals surface area contributed by atoms with Crippen LogP contribution in [0.25, 0.3) is 16.5 Å². The first-order valence-corrected chi connectivity index (χ1v) is 8.00. The fourth-order valence-corrected chi connectivity index (χ4v) is 2.59. The van der Waals surface area contributed by atoms with Crippen LogP contribution in [0.3, 0.4) is 0 Å². The van der Waals surface area contributed by atoms with E-state index in [2.05, 4.69) is 31.4 Å². The lowest BCUT2D eigenvalue weighted by atomic mass is 10.1. The number of benzene rings is 2. The molecule has 2 N–H and O–H groups in total. The van der Waals surface area contributed by atoms with Crippen LogP contribution in [0.15, 0.2) is 67.1 Å². The molecule has 0 atom stereocenters. The van der Waals surface area contributed by atoms with E-state index in [4.69, 9.17) is 0 Å². The lowest BCUT2D eigenvalue weighted by molar-refractivity contribution is 0.0845. The summed E-state index contributed by atoms with van der Waals surface area (Å²) in [6.07, 6.45) is 3.00. The van der Waals surface area contributed by atoms with Crippen molar-refractivity contribution in [2.24, 2.45) is 0 Å². The van der Waals surface area contributed by atoms with Gasteiger partial charge in [0.2, 0.25) is 0 Å². The number of carbonyl (C=O) groups is 2. The first-order valence-electron chi connectivity index (χ1n) is 8.00. The summed E-state index contributed by atoms with van der Waals surface area (Å²) in [5, 5.41) is 12.5. The molecule has 0 saturated heterocycles. The van der Waals surface area contributed by atoms with Crippen molar-refractivity contribution in [1.82, 2.24) is 36.0 Å². The van der Waals surface area contributed by atoms with Gasteiger partial charge >= 0.3 is 0 Å². The van der Waals surface area contributed by atoms with Crippen LogP contribution >= 0.6 is 0 Å². The summed E-state index contributed by atoms with van der Waals surface area (Å²) in [5.74, 6) is -0.947. The van der Waals surface area contributed by atoms with E-state index in [1.165, 1.54) is 11.0 Å². The average molecular weight is 359 g/mol. The minimum absolute atomic E-state index is 0.238. The van der Waals surface area contributed by atoms with Crippen molar-refractivity contribution in [3.05, 3.63) is 78.4 Å². The van der Waals surface area contributed by atoms with Crippen LogP contribution in [0.4, 0.5) is 0 Å². The highest BCUT2D eigenvalue weighted by molar-refractivity contribution is 6.06. The zero-order valence-electron chi connectivity index (χ0n) is 13.9. The smallest absolute Gasteiger partial charge is 0.267 e. The predicted octanol–water partition coefficient (Wildman–Crippen LogP) is 1.29. The van der Waals surface area contributed by atoms with E-state index in [-0.39, 0.29) is 5.69 Å². The van der Waals surface area contributed by atoms with Crippen molar-refractivity contribution in [1.29, 1.82) is 0 Å². The maximum absolute atomic E-state index is 12.4. The zero-order chi connectivity index (χ0) is 18.6. The van der Waals surface area contributed by atoms with Crippen molar-refractivity contribution >= 4 is 22.6 Å². The van der Waals surface area contributed by atoms with Crippen molar-refractivity contribution in [3.8, 4) is 5.69 Å². The molecule has 27 heavy (non-hydrogen) atoms. The first kappa shape index (κ1) is 16.3. The number of aromatic nitrogens is 5. The molecule has 2 heterocycles.